The van der Waals surface area contributed by atoms with Crippen molar-refractivity contribution in [3.05, 3.63) is 0 Å². The molecule has 3 N–H and O–H groups in total. The molecule has 0 aromatic heterocycles. The maximum Gasteiger partial charge on any atom is 0.328 e. The molecule has 1 aliphatic heterocycles. The van der Waals surface area contributed by atoms with Crippen molar-refractivity contribution in [2.24, 2.45) is 5.92 Å². The first-order valence-corrected chi connectivity index (χ1v) is 3.88. The van der Waals surface area contributed by atoms with Crippen LogP contribution in [0.3, 0.4) is 0 Å². The number of imide groups is 2. The normalized spacial score (nSPS) is 17.6. The lowest BCUT2D eigenvalue weighted by molar-refractivity contribution is -0.139. The fraction of sp³-hybridized carbons (Fsp3) is 0.429. The number of aliphatic carboxylic acids is 1. The molecule has 1 heterocycles. The molecular weight excluding hydrogens is 192 g/mol. The third kappa shape index (κ3) is 2.28. The monoisotopic (exact) mass is 200 g/mol. The van der Waals surface area contributed by atoms with Crippen LogP contribution in [0, 0.1) is 5.92 Å². The SMILES string of the molecule is O=C(O)CCC1C(=O)NC(=O)NC1=O. The third-order valence-corrected chi connectivity index (χ3v) is 1.75. The smallest absolute Gasteiger partial charge is 0.328 e. The molecule has 0 atom stereocenters. The van der Waals surface area contributed by atoms with Gasteiger partial charge in [0, 0.05) is 6.42 Å². The number of carbonyl (C=O) groups excluding carboxylic acids is 3. The van der Waals surface area contributed by atoms with Gasteiger partial charge >= 0.3 is 12.0 Å². The molecule has 1 saturated heterocycles. The Morgan fingerprint density at radius 2 is 1.71 bits per heavy atom. The van der Waals surface area contributed by atoms with Crippen molar-refractivity contribution in [1.29, 1.82) is 0 Å². The average Bonchev–Trinajstić information content (AvgIpc) is 2.01. The Morgan fingerprint density at radius 3 is 2.14 bits per heavy atom. The number of hydrogen-bond donors (Lipinski definition) is 3. The highest BCUT2D eigenvalue weighted by atomic mass is 16.4. The number of carboxylic acids is 1. The van der Waals surface area contributed by atoms with E-state index in [0.29, 0.717) is 0 Å². The molecule has 1 rings (SSSR count). The van der Waals surface area contributed by atoms with E-state index in [2.05, 4.69) is 0 Å². The summed E-state index contributed by atoms with van der Waals surface area (Å²) in [6.07, 6.45) is -0.403. The van der Waals surface area contributed by atoms with Crippen molar-refractivity contribution in [2.75, 3.05) is 0 Å². The Hall–Kier alpha value is -1.92. The van der Waals surface area contributed by atoms with Gasteiger partial charge in [0.2, 0.25) is 11.8 Å². The quantitative estimate of drug-likeness (QED) is 0.497. The van der Waals surface area contributed by atoms with Gasteiger partial charge < -0.3 is 5.11 Å². The van der Waals surface area contributed by atoms with Crippen LogP contribution in [0.2, 0.25) is 0 Å². The van der Waals surface area contributed by atoms with E-state index >= 15 is 0 Å². The van der Waals surface area contributed by atoms with Crippen LogP contribution >= 0.6 is 0 Å². The van der Waals surface area contributed by atoms with Crippen molar-refractivity contribution in [2.45, 2.75) is 12.8 Å². The molecule has 0 saturated carbocycles. The largest absolute Gasteiger partial charge is 0.481 e. The number of amides is 4. The Kier molecular flexibility index (Phi) is 2.80. The van der Waals surface area contributed by atoms with Gasteiger partial charge in [-0.2, -0.15) is 0 Å². The zero-order valence-corrected chi connectivity index (χ0v) is 7.07. The first kappa shape index (κ1) is 10.2. The van der Waals surface area contributed by atoms with E-state index in [1.165, 1.54) is 0 Å². The van der Waals surface area contributed by atoms with Gasteiger partial charge in [-0.15, -0.1) is 0 Å². The van der Waals surface area contributed by atoms with Crippen molar-refractivity contribution in [3.63, 3.8) is 0 Å². The zero-order chi connectivity index (χ0) is 10.7. The molecule has 7 nitrogen and oxygen atoms in total. The summed E-state index contributed by atoms with van der Waals surface area (Å²) < 4.78 is 0. The minimum absolute atomic E-state index is 0.111. The Morgan fingerprint density at radius 1 is 1.21 bits per heavy atom. The lowest BCUT2D eigenvalue weighted by Gasteiger charge is -2.19. The van der Waals surface area contributed by atoms with Gasteiger partial charge in [0.15, 0.2) is 0 Å². The lowest BCUT2D eigenvalue weighted by Crippen LogP contribution is -2.55. The molecule has 0 aromatic carbocycles. The van der Waals surface area contributed by atoms with Crippen LogP contribution in [0.15, 0.2) is 0 Å². The maximum atomic E-state index is 11.0. The summed E-state index contributed by atoms with van der Waals surface area (Å²) >= 11 is 0. The number of urea groups is 1. The number of nitrogens with one attached hydrogen (secondary N) is 2. The molecule has 14 heavy (non-hydrogen) atoms. The summed E-state index contributed by atoms with van der Waals surface area (Å²) in [6.45, 7) is 0. The molecule has 0 aliphatic carbocycles. The summed E-state index contributed by atoms with van der Waals surface area (Å²) in [4.78, 5) is 42.9. The molecule has 0 radical (unpaired) electrons. The predicted octanol–water partition coefficient (Wildman–Crippen LogP) is -1.17. The van der Waals surface area contributed by atoms with E-state index < -0.39 is 29.7 Å². The molecule has 4 amide bonds. The summed E-state index contributed by atoms with van der Waals surface area (Å²) in [5.41, 5.74) is 0. The molecular formula is C7H8N2O5. The standard InChI is InChI=1S/C7H8N2O5/c10-4(11)2-1-3-5(12)8-7(14)9-6(3)13/h3H,1-2H2,(H,10,11)(H2,8,9,12,13,14). The Bertz CT molecular complexity index is 291. The lowest BCUT2D eigenvalue weighted by atomic mass is 10.00. The molecule has 7 heteroatoms. The summed E-state index contributed by atoms with van der Waals surface area (Å²) in [7, 11) is 0. The highest BCUT2D eigenvalue weighted by Gasteiger charge is 2.33. The average molecular weight is 200 g/mol. The van der Waals surface area contributed by atoms with Gasteiger partial charge in [0.25, 0.3) is 0 Å². The van der Waals surface area contributed by atoms with E-state index in [0.717, 1.165) is 0 Å². The number of hydrogen-bond acceptors (Lipinski definition) is 4. The minimum Gasteiger partial charge on any atom is -0.481 e. The van der Waals surface area contributed by atoms with Crippen LogP contribution in [-0.2, 0) is 14.4 Å². The Labute approximate surface area is 78.5 Å². The predicted molar refractivity (Wildman–Crippen MR) is 42.0 cm³/mol. The Balaban J connectivity index is 2.59. The van der Waals surface area contributed by atoms with E-state index in [-0.39, 0.29) is 12.8 Å². The third-order valence-electron chi connectivity index (χ3n) is 1.75. The second kappa shape index (κ2) is 3.86. The molecule has 0 bridgehead atoms. The molecule has 0 unspecified atom stereocenters. The van der Waals surface area contributed by atoms with Gasteiger partial charge in [0.1, 0.15) is 5.92 Å². The second-order valence-corrected chi connectivity index (χ2v) is 2.79. The first-order chi connectivity index (χ1) is 6.50. The van der Waals surface area contributed by atoms with E-state index in [1.54, 1.807) is 0 Å². The molecule has 0 aromatic rings. The first-order valence-electron chi connectivity index (χ1n) is 3.88. The topological polar surface area (TPSA) is 113 Å². The number of carbonyl (C=O) groups is 4. The fourth-order valence-electron chi connectivity index (χ4n) is 1.08. The van der Waals surface area contributed by atoms with Crippen LogP contribution < -0.4 is 10.6 Å². The zero-order valence-electron chi connectivity index (χ0n) is 7.07. The summed E-state index contributed by atoms with van der Waals surface area (Å²) in [6, 6.07) is -0.869. The highest BCUT2D eigenvalue weighted by molar-refractivity contribution is 6.16. The molecule has 1 fully saturated rings. The highest BCUT2D eigenvalue weighted by Crippen LogP contribution is 2.09. The molecule has 1 aliphatic rings. The van der Waals surface area contributed by atoms with Crippen LogP contribution in [0.4, 0.5) is 4.79 Å². The van der Waals surface area contributed by atoms with Crippen molar-refractivity contribution in [3.8, 4) is 0 Å². The van der Waals surface area contributed by atoms with E-state index in [1.807, 2.05) is 10.6 Å². The van der Waals surface area contributed by atoms with Crippen LogP contribution in [0.25, 0.3) is 0 Å². The van der Waals surface area contributed by atoms with Gasteiger partial charge in [-0.25, -0.2) is 4.79 Å². The summed E-state index contributed by atoms with van der Waals surface area (Å²) in [5, 5.41) is 12.1. The molecule has 0 spiro atoms. The van der Waals surface area contributed by atoms with Crippen LogP contribution in [0.5, 0.6) is 0 Å². The van der Waals surface area contributed by atoms with Crippen molar-refractivity contribution >= 4 is 23.8 Å². The van der Waals surface area contributed by atoms with Crippen molar-refractivity contribution < 1.29 is 24.3 Å². The van der Waals surface area contributed by atoms with Crippen LogP contribution in [-0.4, -0.2) is 28.9 Å². The second-order valence-electron chi connectivity index (χ2n) is 2.79. The molecule has 76 valence electrons. The summed E-state index contributed by atoms with van der Waals surface area (Å²) in [5.74, 6) is -3.69. The van der Waals surface area contributed by atoms with Gasteiger partial charge in [-0.3, -0.25) is 25.0 Å². The van der Waals surface area contributed by atoms with Gasteiger partial charge in [0.05, 0.1) is 0 Å². The maximum absolute atomic E-state index is 11.0. The van der Waals surface area contributed by atoms with E-state index in [9.17, 15) is 19.2 Å². The van der Waals surface area contributed by atoms with Crippen molar-refractivity contribution in [1.82, 2.24) is 10.6 Å². The minimum atomic E-state index is -1.09. The fourth-order valence-corrected chi connectivity index (χ4v) is 1.08. The number of carboxylic acid groups (broad SMARTS) is 1. The van der Waals surface area contributed by atoms with Crippen LogP contribution in [0.1, 0.15) is 12.8 Å². The van der Waals surface area contributed by atoms with E-state index in [4.69, 9.17) is 5.11 Å². The number of rotatable bonds is 3. The van der Waals surface area contributed by atoms with Gasteiger partial charge in [-0.05, 0) is 6.42 Å². The number of barbiturate groups is 1. The van der Waals surface area contributed by atoms with Gasteiger partial charge in [-0.1, -0.05) is 0 Å².